The quantitative estimate of drug-likeness (QED) is 0.641. The van der Waals surface area contributed by atoms with Gasteiger partial charge in [0.05, 0.1) is 0 Å². The van der Waals surface area contributed by atoms with Crippen molar-refractivity contribution in [1.82, 2.24) is 0 Å². The highest BCUT2D eigenvalue weighted by Crippen LogP contribution is 2.26. The van der Waals surface area contributed by atoms with E-state index in [9.17, 15) is 4.79 Å². The first-order valence-corrected chi connectivity index (χ1v) is 4.31. The normalized spacial score (nSPS) is 29.3. The predicted molar refractivity (Wildman–Crippen MR) is 46.6 cm³/mol. The molecule has 0 spiro atoms. The lowest BCUT2D eigenvalue weighted by atomic mass is 9.87. The molecule has 0 aromatic carbocycles. The number of hydrogen-bond donors (Lipinski definition) is 1. The Morgan fingerprint density at radius 1 is 1.42 bits per heavy atom. The minimum atomic E-state index is -0.656. The molecule has 3 heteroatoms. The summed E-state index contributed by atoms with van der Waals surface area (Å²) in [5, 5.41) is 0. The van der Waals surface area contributed by atoms with Crippen molar-refractivity contribution in [2.45, 2.75) is 31.8 Å². The fourth-order valence-corrected chi connectivity index (χ4v) is 1.61. The Hall–Kier alpha value is -0.990. The molecule has 3 nitrogen and oxygen atoms in total. The fraction of sp³-hybridized carbons (Fsp3) is 0.667. The van der Waals surface area contributed by atoms with Crippen LogP contribution in [0.1, 0.15) is 25.7 Å². The highest BCUT2D eigenvalue weighted by molar-refractivity contribution is 5.64. The smallest absolute Gasteiger partial charge is 0.404 e. The van der Waals surface area contributed by atoms with E-state index in [1.54, 1.807) is 0 Å². The van der Waals surface area contributed by atoms with Crippen LogP contribution >= 0.6 is 0 Å². The number of carbonyl (C=O) groups excluding carboxylic acids is 1. The Morgan fingerprint density at radius 3 is 2.42 bits per heavy atom. The van der Waals surface area contributed by atoms with Crippen LogP contribution in [0.15, 0.2) is 12.7 Å². The zero-order chi connectivity index (χ0) is 8.97. The lowest BCUT2D eigenvalue weighted by molar-refractivity contribution is 0.0761. The standard InChI is InChI=1S/C9H15NO2/c1-2-7-3-5-8(6-4-7)12-9(10)11/h2,7-8H,1,3-6H2,(H2,10,11)/t7-,8-. The Bertz CT molecular complexity index is 171. The Balaban J connectivity index is 2.26. The minimum absolute atomic E-state index is 0.0405. The molecular formula is C9H15NO2. The van der Waals surface area contributed by atoms with E-state index in [0.717, 1.165) is 25.7 Å². The van der Waals surface area contributed by atoms with Gasteiger partial charge < -0.3 is 10.5 Å². The summed E-state index contributed by atoms with van der Waals surface area (Å²) in [7, 11) is 0. The van der Waals surface area contributed by atoms with Crippen LogP contribution in [0.4, 0.5) is 4.79 Å². The zero-order valence-electron chi connectivity index (χ0n) is 7.16. The van der Waals surface area contributed by atoms with Gasteiger partial charge in [-0.2, -0.15) is 0 Å². The lowest BCUT2D eigenvalue weighted by Gasteiger charge is -2.25. The summed E-state index contributed by atoms with van der Waals surface area (Å²) in [6, 6.07) is 0. The largest absolute Gasteiger partial charge is 0.446 e. The van der Waals surface area contributed by atoms with E-state index in [1.165, 1.54) is 0 Å². The number of hydrogen-bond acceptors (Lipinski definition) is 2. The van der Waals surface area contributed by atoms with E-state index in [-0.39, 0.29) is 6.10 Å². The zero-order valence-corrected chi connectivity index (χ0v) is 7.16. The predicted octanol–water partition coefficient (Wildman–Crippen LogP) is 1.83. The van der Waals surface area contributed by atoms with E-state index < -0.39 is 6.09 Å². The van der Waals surface area contributed by atoms with E-state index in [0.29, 0.717) is 5.92 Å². The second kappa shape index (κ2) is 4.14. The third-order valence-electron chi connectivity index (χ3n) is 2.34. The first-order chi connectivity index (χ1) is 5.72. The molecule has 1 fully saturated rings. The molecule has 0 aromatic heterocycles. The number of allylic oxidation sites excluding steroid dienone is 1. The fourth-order valence-electron chi connectivity index (χ4n) is 1.61. The van der Waals surface area contributed by atoms with Crippen molar-refractivity contribution >= 4 is 6.09 Å². The van der Waals surface area contributed by atoms with Gasteiger partial charge in [0.1, 0.15) is 6.10 Å². The van der Waals surface area contributed by atoms with Crippen LogP contribution in [0.25, 0.3) is 0 Å². The van der Waals surface area contributed by atoms with Crippen LogP contribution in [0.2, 0.25) is 0 Å². The van der Waals surface area contributed by atoms with Gasteiger partial charge in [-0.15, -0.1) is 6.58 Å². The van der Waals surface area contributed by atoms with E-state index in [1.807, 2.05) is 6.08 Å². The van der Waals surface area contributed by atoms with E-state index >= 15 is 0 Å². The lowest BCUT2D eigenvalue weighted by Crippen LogP contribution is -2.26. The third-order valence-corrected chi connectivity index (χ3v) is 2.34. The Kier molecular flexibility index (Phi) is 3.14. The minimum Gasteiger partial charge on any atom is -0.446 e. The topological polar surface area (TPSA) is 52.3 Å². The summed E-state index contributed by atoms with van der Waals surface area (Å²) >= 11 is 0. The SMILES string of the molecule is C=C[C@H]1CC[C@H](OC(N)=O)CC1. The van der Waals surface area contributed by atoms with Crippen molar-refractivity contribution in [3.8, 4) is 0 Å². The third kappa shape index (κ3) is 2.57. The second-order valence-electron chi connectivity index (χ2n) is 3.21. The number of carbonyl (C=O) groups is 1. The van der Waals surface area contributed by atoms with Gasteiger partial charge in [0.25, 0.3) is 0 Å². The van der Waals surface area contributed by atoms with Gasteiger partial charge in [0.15, 0.2) is 0 Å². The monoisotopic (exact) mass is 169 g/mol. The van der Waals surface area contributed by atoms with E-state index in [2.05, 4.69) is 6.58 Å². The van der Waals surface area contributed by atoms with Gasteiger partial charge in [-0.1, -0.05) is 6.08 Å². The molecule has 1 amide bonds. The molecule has 0 aliphatic heterocycles. The van der Waals surface area contributed by atoms with Crippen LogP contribution in [0.5, 0.6) is 0 Å². The average molecular weight is 169 g/mol. The number of nitrogens with two attached hydrogens (primary N) is 1. The first kappa shape index (κ1) is 9.10. The first-order valence-electron chi connectivity index (χ1n) is 4.31. The van der Waals surface area contributed by atoms with Gasteiger partial charge in [-0.25, -0.2) is 4.79 Å². The highest BCUT2D eigenvalue weighted by atomic mass is 16.6. The van der Waals surface area contributed by atoms with Gasteiger partial charge >= 0.3 is 6.09 Å². The summed E-state index contributed by atoms with van der Waals surface area (Å²) in [6.45, 7) is 3.74. The maximum atomic E-state index is 10.4. The maximum Gasteiger partial charge on any atom is 0.404 e. The summed E-state index contributed by atoms with van der Waals surface area (Å²) in [4.78, 5) is 10.4. The molecule has 1 aliphatic carbocycles. The molecule has 0 atom stereocenters. The van der Waals surface area contributed by atoms with Crippen LogP contribution < -0.4 is 5.73 Å². The Morgan fingerprint density at radius 2 is 2.00 bits per heavy atom. The highest BCUT2D eigenvalue weighted by Gasteiger charge is 2.20. The maximum absolute atomic E-state index is 10.4. The van der Waals surface area contributed by atoms with Crippen molar-refractivity contribution in [2.75, 3.05) is 0 Å². The average Bonchev–Trinajstić information content (AvgIpc) is 2.05. The molecule has 2 N–H and O–H groups in total. The number of amides is 1. The van der Waals surface area contributed by atoms with Crippen molar-refractivity contribution in [3.63, 3.8) is 0 Å². The molecule has 1 rings (SSSR count). The van der Waals surface area contributed by atoms with Crippen LogP contribution in [-0.2, 0) is 4.74 Å². The van der Waals surface area contributed by atoms with Crippen molar-refractivity contribution < 1.29 is 9.53 Å². The molecular weight excluding hydrogens is 154 g/mol. The molecule has 68 valence electrons. The van der Waals surface area contributed by atoms with Gasteiger partial charge in [0, 0.05) is 0 Å². The molecule has 0 saturated heterocycles. The number of rotatable bonds is 2. The van der Waals surface area contributed by atoms with Crippen LogP contribution in [-0.4, -0.2) is 12.2 Å². The molecule has 0 aromatic rings. The molecule has 0 radical (unpaired) electrons. The van der Waals surface area contributed by atoms with Crippen LogP contribution in [0.3, 0.4) is 0 Å². The van der Waals surface area contributed by atoms with E-state index in [4.69, 9.17) is 10.5 Å². The summed E-state index contributed by atoms with van der Waals surface area (Å²) in [5.74, 6) is 0.595. The molecule has 1 aliphatic rings. The molecule has 0 unspecified atom stereocenters. The Labute approximate surface area is 72.6 Å². The summed E-state index contributed by atoms with van der Waals surface area (Å²) in [6.07, 6.45) is 5.30. The number of primary amides is 1. The van der Waals surface area contributed by atoms with Crippen molar-refractivity contribution in [1.29, 1.82) is 0 Å². The molecule has 0 heterocycles. The summed E-state index contributed by atoms with van der Waals surface area (Å²) < 4.78 is 4.89. The summed E-state index contributed by atoms with van der Waals surface area (Å²) in [5.41, 5.74) is 4.91. The molecule has 1 saturated carbocycles. The van der Waals surface area contributed by atoms with Crippen molar-refractivity contribution in [3.05, 3.63) is 12.7 Å². The van der Waals surface area contributed by atoms with Gasteiger partial charge in [0.2, 0.25) is 0 Å². The molecule has 12 heavy (non-hydrogen) atoms. The molecule has 0 bridgehead atoms. The number of ether oxygens (including phenoxy) is 1. The van der Waals surface area contributed by atoms with Crippen molar-refractivity contribution in [2.24, 2.45) is 11.7 Å². The van der Waals surface area contributed by atoms with Crippen LogP contribution in [0, 0.1) is 5.92 Å². The van der Waals surface area contributed by atoms with Gasteiger partial charge in [-0.05, 0) is 31.6 Å². The van der Waals surface area contributed by atoms with Gasteiger partial charge in [-0.3, -0.25) is 0 Å². The second-order valence-corrected chi connectivity index (χ2v) is 3.21.